The molecule has 118 valence electrons. The predicted octanol–water partition coefficient (Wildman–Crippen LogP) is 0.294. The first kappa shape index (κ1) is 15.0. The van der Waals surface area contributed by atoms with Gasteiger partial charge in [0.1, 0.15) is 5.56 Å². The van der Waals surface area contributed by atoms with E-state index in [2.05, 4.69) is 15.0 Å². The molecule has 0 saturated heterocycles. The minimum absolute atomic E-state index is 0.0176. The van der Waals surface area contributed by atoms with E-state index in [0.717, 1.165) is 17.4 Å². The number of benzene rings is 1. The number of H-pyrrole nitrogens is 1. The van der Waals surface area contributed by atoms with Gasteiger partial charge in [-0.05, 0) is 18.6 Å². The van der Waals surface area contributed by atoms with Crippen LogP contribution in [0.25, 0.3) is 6.08 Å². The van der Waals surface area contributed by atoms with Gasteiger partial charge in [-0.2, -0.15) is 0 Å². The summed E-state index contributed by atoms with van der Waals surface area (Å²) in [5.74, 6) is -0.0475. The maximum Gasteiger partial charge on any atom is 0.331 e. The summed E-state index contributed by atoms with van der Waals surface area (Å²) in [6, 6.07) is 7.31. The number of nitrogens with zero attached hydrogens (tertiary/aromatic N) is 3. The Bertz CT molecular complexity index is 978. The first-order chi connectivity index (χ1) is 11.1. The van der Waals surface area contributed by atoms with Crippen molar-refractivity contribution in [2.75, 3.05) is 0 Å². The molecule has 1 aliphatic heterocycles. The zero-order valence-corrected chi connectivity index (χ0v) is 12.6. The van der Waals surface area contributed by atoms with Crippen LogP contribution in [0.1, 0.15) is 25.3 Å². The molecule has 1 aromatic heterocycles. The van der Waals surface area contributed by atoms with Gasteiger partial charge in [0.15, 0.2) is 5.82 Å². The van der Waals surface area contributed by atoms with Gasteiger partial charge in [0.2, 0.25) is 5.88 Å². The zero-order valence-electron chi connectivity index (χ0n) is 12.6. The first-order valence-corrected chi connectivity index (χ1v) is 7.40. The Hall–Kier alpha value is -2.96. The van der Waals surface area contributed by atoms with Crippen LogP contribution in [0.5, 0.6) is 5.88 Å². The Kier molecular flexibility index (Phi) is 3.92. The van der Waals surface area contributed by atoms with Crippen molar-refractivity contribution in [3.8, 4) is 5.88 Å². The number of unbranched alkanes of at least 4 members (excludes halogenated alkanes) is 1. The third-order valence-electron chi connectivity index (χ3n) is 3.57. The summed E-state index contributed by atoms with van der Waals surface area (Å²) < 4.78 is 1.15. The lowest BCUT2D eigenvalue weighted by atomic mass is 10.2. The second kappa shape index (κ2) is 6.04. The van der Waals surface area contributed by atoms with Crippen molar-refractivity contribution in [3.63, 3.8) is 0 Å². The molecule has 1 aromatic carbocycles. The topological polar surface area (TPSA) is 99.8 Å². The molecule has 0 saturated carbocycles. The summed E-state index contributed by atoms with van der Waals surface area (Å²) in [5, 5.41) is 11.7. The van der Waals surface area contributed by atoms with Gasteiger partial charge in [0.25, 0.3) is 5.56 Å². The molecule has 2 N–H and O–H groups in total. The van der Waals surface area contributed by atoms with E-state index < -0.39 is 11.2 Å². The van der Waals surface area contributed by atoms with Crippen LogP contribution in [0.2, 0.25) is 0 Å². The predicted molar refractivity (Wildman–Crippen MR) is 84.6 cm³/mol. The lowest BCUT2D eigenvalue weighted by molar-refractivity contribution is 0.394. The minimum Gasteiger partial charge on any atom is -0.494 e. The van der Waals surface area contributed by atoms with Crippen molar-refractivity contribution in [1.29, 1.82) is 0 Å². The molecule has 7 heteroatoms. The smallest absolute Gasteiger partial charge is 0.331 e. The minimum atomic E-state index is -0.658. The molecule has 1 aliphatic rings. The quantitative estimate of drug-likeness (QED) is 0.849. The fraction of sp³-hybridized carbons (Fsp3) is 0.250. The van der Waals surface area contributed by atoms with Gasteiger partial charge in [0.05, 0.1) is 10.7 Å². The van der Waals surface area contributed by atoms with Crippen molar-refractivity contribution in [2.45, 2.75) is 26.3 Å². The van der Waals surface area contributed by atoms with Crippen molar-refractivity contribution >= 4 is 6.08 Å². The Morgan fingerprint density at radius 1 is 1.22 bits per heavy atom. The third-order valence-corrected chi connectivity index (χ3v) is 3.57. The molecule has 23 heavy (non-hydrogen) atoms. The van der Waals surface area contributed by atoms with E-state index in [1.54, 1.807) is 0 Å². The Balaban J connectivity index is 2.11. The maximum atomic E-state index is 12.0. The number of hydrogen-bond donors (Lipinski definition) is 2. The van der Waals surface area contributed by atoms with Gasteiger partial charge in [0, 0.05) is 12.6 Å². The van der Waals surface area contributed by atoms with Gasteiger partial charge < -0.3 is 5.11 Å². The van der Waals surface area contributed by atoms with Crippen LogP contribution in [-0.2, 0) is 6.54 Å². The Morgan fingerprint density at radius 2 is 1.87 bits per heavy atom. The number of aromatic hydroxyl groups is 1. The summed E-state index contributed by atoms with van der Waals surface area (Å²) in [5.41, 5.74) is -1.29. The monoisotopic (exact) mass is 312 g/mol. The summed E-state index contributed by atoms with van der Waals surface area (Å²) in [7, 11) is 0. The molecule has 3 rings (SSSR count). The third kappa shape index (κ3) is 2.85. The standard InChI is InChI=1S/C16H16N4O3/c1-2-3-8-20-15(22)10(14(21)19-16(20)23)9-13-17-11-6-4-5-7-12(11)18-13/h4-7,9,22H,2-3,8H2,1H3,(H,19,21,23). The van der Waals surface area contributed by atoms with E-state index in [1.807, 2.05) is 31.2 Å². The normalized spacial score (nSPS) is 12.5. The number of hydrogen-bond acceptors (Lipinski definition) is 5. The molecule has 0 radical (unpaired) electrons. The highest BCUT2D eigenvalue weighted by molar-refractivity contribution is 5.56. The van der Waals surface area contributed by atoms with Crippen LogP contribution in [0.4, 0.5) is 0 Å². The van der Waals surface area contributed by atoms with E-state index in [1.165, 1.54) is 6.08 Å². The van der Waals surface area contributed by atoms with Gasteiger partial charge in [-0.3, -0.25) is 14.3 Å². The van der Waals surface area contributed by atoms with E-state index in [4.69, 9.17) is 0 Å². The van der Waals surface area contributed by atoms with Gasteiger partial charge >= 0.3 is 5.69 Å². The van der Waals surface area contributed by atoms with Crippen LogP contribution >= 0.6 is 0 Å². The molecule has 2 aromatic rings. The fourth-order valence-electron chi connectivity index (χ4n) is 2.35. The van der Waals surface area contributed by atoms with E-state index in [-0.39, 0.29) is 11.4 Å². The SMILES string of the molecule is CCCCn1c(O)c(C=C2N=c3ccccc3=N2)c(=O)[nH]c1=O. The van der Waals surface area contributed by atoms with Gasteiger partial charge in [-0.15, -0.1) is 0 Å². The molecular formula is C16H16N4O3. The number of para-hydroxylation sites is 2. The molecule has 0 aliphatic carbocycles. The van der Waals surface area contributed by atoms with Crippen molar-refractivity contribution in [1.82, 2.24) is 9.55 Å². The molecule has 0 spiro atoms. The first-order valence-electron chi connectivity index (χ1n) is 7.40. The molecule has 0 atom stereocenters. The van der Waals surface area contributed by atoms with E-state index in [9.17, 15) is 14.7 Å². The number of fused-ring (bicyclic) bond motifs is 1. The van der Waals surface area contributed by atoms with Crippen LogP contribution in [-0.4, -0.2) is 14.7 Å². The average molecular weight is 312 g/mol. The molecule has 0 bridgehead atoms. The fourth-order valence-corrected chi connectivity index (χ4v) is 2.35. The summed E-state index contributed by atoms with van der Waals surface area (Å²) in [4.78, 5) is 34.6. The molecule has 7 nitrogen and oxygen atoms in total. The highest BCUT2D eigenvalue weighted by Gasteiger charge is 2.13. The highest BCUT2D eigenvalue weighted by atomic mass is 16.3. The number of aromatic amines is 1. The maximum absolute atomic E-state index is 12.0. The Morgan fingerprint density at radius 3 is 2.48 bits per heavy atom. The van der Waals surface area contributed by atoms with Crippen LogP contribution in [0.15, 0.2) is 49.7 Å². The Labute approximate surface area is 131 Å². The zero-order chi connectivity index (χ0) is 16.4. The van der Waals surface area contributed by atoms with Crippen molar-refractivity contribution in [2.24, 2.45) is 9.98 Å². The second-order valence-corrected chi connectivity index (χ2v) is 5.22. The molecule has 0 amide bonds. The summed E-state index contributed by atoms with van der Waals surface area (Å²) >= 11 is 0. The van der Waals surface area contributed by atoms with Crippen molar-refractivity contribution < 1.29 is 5.11 Å². The van der Waals surface area contributed by atoms with Gasteiger partial charge in [-0.25, -0.2) is 14.8 Å². The van der Waals surface area contributed by atoms with Crippen LogP contribution in [0, 0.1) is 0 Å². The largest absolute Gasteiger partial charge is 0.494 e. The van der Waals surface area contributed by atoms with Gasteiger partial charge in [-0.1, -0.05) is 25.5 Å². The molecular weight excluding hydrogens is 296 g/mol. The second-order valence-electron chi connectivity index (χ2n) is 5.22. The lowest BCUT2D eigenvalue weighted by Gasteiger charge is -2.08. The number of nitrogens with one attached hydrogen (secondary N) is 1. The molecule has 2 heterocycles. The van der Waals surface area contributed by atoms with Crippen molar-refractivity contribution in [3.05, 3.63) is 67.2 Å². The van der Waals surface area contributed by atoms with Crippen LogP contribution in [0.3, 0.4) is 0 Å². The van der Waals surface area contributed by atoms with E-state index >= 15 is 0 Å². The molecule has 0 unspecified atom stereocenters. The number of rotatable bonds is 4. The highest BCUT2D eigenvalue weighted by Crippen LogP contribution is 2.16. The van der Waals surface area contributed by atoms with E-state index in [0.29, 0.717) is 23.1 Å². The lowest BCUT2D eigenvalue weighted by Crippen LogP contribution is -2.31. The average Bonchev–Trinajstić information content (AvgIpc) is 2.94. The molecule has 0 fully saturated rings. The summed E-state index contributed by atoms with van der Waals surface area (Å²) in [6.45, 7) is 2.31. The summed E-state index contributed by atoms with van der Waals surface area (Å²) in [6.07, 6.45) is 2.97. The van der Waals surface area contributed by atoms with Crippen LogP contribution < -0.4 is 22.0 Å². The number of aromatic nitrogens is 2.